The molecule has 1 atom stereocenters. The fraction of sp³-hybridized carbons (Fsp3) is 0.250. The van der Waals surface area contributed by atoms with Gasteiger partial charge in [0.25, 0.3) is 0 Å². The van der Waals surface area contributed by atoms with E-state index in [2.05, 4.69) is 0 Å². The lowest BCUT2D eigenvalue weighted by Gasteiger charge is -2.16. The second-order valence-corrected chi connectivity index (χ2v) is 10.5. The average molecular weight is 418 g/mol. The molecule has 2 aromatic carbocycles. The minimum atomic E-state index is -4.32. The van der Waals surface area contributed by atoms with Crippen LogP contribution in [-0.4, -0.2) is 26.2 Å². The van der Waals surface area contributed by atoms with Crippen molar-refractivity contribution in [3.8, 4) is 17.2 Å². The summed E-state index contributed by atoms with van der Waals surface area (Å²) < 4.78 is 52.7. The van der Waals surface area contributed by atoms with Crippen LogP contribution in [-0.2, 0) is 14.7 Å². The molecule has 142 valence electrons. The largest absolute Gasteiger partial charge is 0.497 e. The van der Waals surface area contributed by atoms with E-state index in [4.69, 9.17) is 13.4 Å². The molecule has 0 aromatic heterocycles. The van der Waals surface area contributed by atoms with Crippen molar-refractivity contribution in [2.75, 3.05) is 12.9 Å². The Kier molecular flexibility index (Phi) is 7.00. The van der Waals surface area contributed by atoms with E-state index in [0.29, 0.717) is 12.2 Å². The number of para-hydroxylation sites is 1. The monoisotopic (exact) mass is 418 g/mol. The maximum Gasteiger partial charge on any atom is 0.437 e. The van der Waals surface area contributed by atoms with Gasteiger partial charge in [-0.05, 0) is 42.1 Å². The van der Waals surface area contributed by atoms with Crippen LogP contribution in [0.25, 0.3) is 0 Å². The summed E-state index contributed by atoms with van der Waals surface area (Å²) in [4.78, 5) is 9.54. The van der Waals surface area contributed by atoms with Crippen molar-refractivity contribution < 1.29 is 31.3 Å². The molecule has 0 saturated carbocycles. The van der Waals surface area contributed by atoms with E-state index in [-0.39, 0.29) is 17.2 Å². The summed E-state index contributed by atoms with van der Waals surface area (Å²) in [7, 11) is -2.94. The Balaban J connectivity index is 2.40. The molecule has 0 aliphatic carbocycles. The summed E-state index contributed by atoms with van der Waals surface area (Å²) in [5, 5.41) is 0. The molecule has 1 unspecified atom stereocenters. The number of ether oxygens (including phenoxy) is 1. The highest BCUT2D eigenvalue weighted by Gasteiger charge is 2.29. The van der Waals surface area contributed by atoms with Crippen molar-refractivity contribution >= 4 is 28.3 Å². The number of hydrogen-bond donors (Lipinski definition) is 1. The van der Waals surface area contributed by atoms with E-state index in [1.165, 1.54) is 37.4 Å². The van der Waals surface area contributed by atoms with Gasteiger partial charge in [-0.25, -0.2) is 4.57 Å². The maximum absolute atomic E-state index is 12.7. The number of hydrogen-bond acceptors (Lipinski definition) is 7. The fourth-order valence-electron chi connectivity index (χ4n) is 1.89. The van der Waals surface area contributed by atoms with Crippen LogP contribution in [0, 0.1) is 0 Å². The van der Waals surface area contributed by atoms with Gasteiger partial charge >= 0.3 is 16.9 Å². The third-order valence-electron chi connectivity index (χ3n) is 3.04. The van der Waals surface area contributed by atoms with Gasteiger partial charge in [-0.1, -0.05) is 25.1 Å². The molecule has 0 radical (unpaired) electrons. The molecule has 0 saturated heterocycles. The van der Waals surface area contributed by atoms with Gasteiger partial charge in [0.1, 0.15) is 11.5 Å². The van der Waals surface area contributed by atoms with E-state index in [1.54, 1.807) is 18.2 Å². The minimum absolute atomic E-state index is 0.105. The van der Waals surface area contributed by atoms with Crippen molar-refractivity contribution in [1.29, 1.82) is 0 Å². The fourth-order valence-corrected chi connectivity index (χ4v) is 5.54. The molecule has 0 spiro atoms. The lowest BCUT2D eigenvalue weighted by Crippen LogP contribution is -2.11. The van der Waals surface area contributed by atoms with Crippen molar-refractivity contribution in [3.05, 3.63) is 48.5 Å². The number of methoxy groups -OCH3 is 1. The van der Waals surface area contributed by atoms with Crippen molar-refractivity contribution in [3.63, 3.8) is 0 Å². The molecular weight excluding hydrogens is 399 g/mol. The van der Waals surface area contributed by atoms with Gasteiger partial charge in [0.15, 0.2) is 10.6 Å². The number of rotatable bonds is 9. The van der Waals surface area contributed by atoms with E-state index < -0.39 is 21.8 Å². The summed E-state index contributed by atoms with van der Waals surface area (Å²) >= 11 is 0.729. The molecule has 0 bridgehead atoms. The SMILES string of the molecule is CCCSP(=O)(O)Oc1ccc(OC)cc1S(=O)(=O)Oc1ccccc1. The molecule has 0 amide bonds. The second kappa shape index (κ2) is 8.81. The Bertz CT molecular complexity index is 885. The topological polar surface area (TPSA) is 99.1 Å². The van der Waals surface area contributed by atoms with Crippen molar-refractivity contribution in [2.45, 2.75) is 18.2 Å². The molecule has 2 rings (SSSR count). The third-order valence-corrected chi connectivity index (χ3v) is 7.41. The first kappa shape index (κ1) is 20.6. The summed E-state index contributed by atoms with van der Waals surface area (Å²) in [6, 6.07) is 11.8. The zero-order valence-electron chi connectivity index (χ0n) is 14.2. The van der Waals surface area contributed by atoms with Gasteiger partial charge in [0, 0.05) is 11.8 Å². The molecule has 10 heteroatoms. The summed E-state index contributed by atoms with van der Waals surface area (Å²) in [6.07, 6.45) is 0.670. The molecule has 26 heavy (non-hydrogen) atoms. The van der Waals surface area contributed by atoms with Crippen molar-refractivity contribution in [1.82, 2.24) is 0 Å². The predicted octanol–water partition coefficient (Wildman–Crippen LogP) is 4.09. The van der Waals surface area contributed by atoms with E-state index in [1.807, 2.05) is 6.92 Å². The van der Waals surface area contributed by atoms with Crippen LogP contribution in [0.1, 0.15) is 13.3 Å². The Morgan fingerprint density at radius 1 is 1.12 bits per heavy atom. The Morgan fingerprint density at radius 2 is 1.81 bits per heavy atom. The van der Waals surface area contributed by atoms with Crippen LogP contribution in [0.5, 0.6) is 17.2 Å². The van der Waals surface area contributed by atoms with E-state index >= 15 is 0 Å². The minimum Gasteiger partial charge on any atom is -0.497 e. The molecule has 0 heterocycles. The average Bonchev–Trinajstić information content (AvgIpc) is 2.60. The Labute approximate surface area is 156 Å². The zero-order valence-corrected chi connectivity index (χ0v) is 16.7. The predicted molar refractivity (Wildman–Crippen MR) is 100 cm³/mol. The molecule has 7 nitrogen and oxygen atoms in total. The summed E-state index contributed by atoms with van der Waals surface area (Å²) in [6.45, 7) is -2.23. The highest BCUT2D eigenvalue weighted by Crippen LogP contribution is 2.56. The standard InChI is InChI=1S/C16H19O7PS2/c1-3-11-25-24(17,18)22-15-10-9-14(21-2)12-16(15)26(19,20)23-13-7-5-4-6-8-13/h4-10,12H,3,11H2,1-2H3,(H,17,18). The van der Waals surface area contributed by atoms with Crippen LogP contribution in [0.4, 0.5) is 0 Å². The molecule has 0 aliphatic heterocycles. The Hall–Kier alpha value is -1.67. The highest BCUT2D eigenvalue weighted by atomic mass is 32.7. The second-order valence-electron chi connectivity index (χ2n) is 5.06. The molecule has 0 fully saturated rings. The summed E-state index contributed by atoms with van der Waals surface area (Å²) in [5.41, 5.74) is 0. The van der Waals surface area contributed by atoms with Crippen LogP contribution in [0.15, 0.2) is 53.4 Å². The first-order chi connectivity index (χ1) is 12.3. The smallest absolute Gasteiger partial charge is 0.437 e. The molecule has 1 N–H and O–H groups in total. The molecule has 0 aliphatic rings. The van der Waals surface area contributed by atoms with Crippen LogP contribution in [0.3, 0.4) is 0 Å². The lowest BCUT2D eigenvalue weighted by atomic mass is 10.3. The van der Waals surface area contributed by atoms with Crippen LogP contribution >= 0.6 is 18.2 Å². The number of benzene rings is 2. The third kappa shape index (κ3) is 5.67. The van der Waals surface area contributed by atoms with E-state index in [0.717, 1.165) is 11.4 Å². The summed E-state index contributed by atoms with van der Waals surface area (Å²) in [5.74, 6) is 0.457. The van der Waals surface area contributed by atoms with Gasteiger partial charge in [0.05, 0.1) is 7.11 Å². The highest BCUT2D eigenvalue weighted by molar-refractivity contribution is 8.54. The zero-order chi connectivity index (χ0) is 19.2. The quantitative estimate of drug-likeness (QED) is 0.480. The van der Waals surface area contributed by atoms with Crippen molar-refractivity contribution in [2.24, 2.45) is 0 Å². The van der Waals surface area contributed by atoms with E-state index in [9.17, 15) is 17.9 Å². The first-order valence-electron chi connectivity index (χ1n) is 7.62. The van der Waals surface area contributed by atoms with Gasteiger partial charge < -0.3 is 18.3 Å². The lowest BCUT2D eigenvalue weighted by molar-refractivity contribution is 0.391. The van der Waals surface area contributed by atoms with Gasteiger partial charge in [-0.3, -0.25) is 0 Å². The normalized spacial score (nSPS) is 13.7. The Morgan fingerprint density at radius 3 is 2.42 bits per heavy atom. The van der Waals surface area contributed by atoms with Gasteiger partial charge in [-0.2, -0.15) is 8.42 Å². The maximum atomic E-state index is 12.7. The van der Waals surface area contributed by atoms with Gasteiger partial charge in [-0.15, -0.1) is 0 Å². The van der Waals surface area contributed by atoms with Gasteiger partial charge in [0.2, 0.25) is 0 Å². The van der Waals surface area contributed by atoms with Crippen LogP contribution in [0.2, 0.25) is 0 Å². The molecular formula is C16H19O7PS2. The molecule has 2 aromatic rings. The van der Waals surface area contributed by atoms with Crippen LogP contribution < -0.4 is 13.4 Å². The first-order valence-corrected chi connectivity index (χ1v) is 12.2.